The lowest BCUT2D eigenvalue weighted by molar-refractivity contribution is 0.0557. The Bertz CT molecular complexity index is 920. The number of hydrogen-bond donors (Lipinski definition) is 0. The number of aromatic nitrogens is 3. The van der Waals surface area contributed by atoms with Gasteiger partial charge < -0.3 is 4.90 Å². The number of rotatable bonds is 2. The fourth-order valence-corrected chi connectivity index (χ4v) is 4.89. The van der Waals surface area contributed by atoms with Crippen LogP contribution in [0.2, 0.25) is 0 Å². The van der Waals surface area contributed by atoms with Gasteiger partial charge in [-0.3, -0.25) is 4.79 Å². The molecule has 7 nitrogen and oxygen atoms in total. The topological polar surface area (TPSA) is 85.2 Å². The van der Waals surface area contributed by atoms with Crippen molar-refractivity contribution in [3.8, 4) is 5.69 Å². The van der Waals surface area contributed by atoms with E-state index < -0.39 is 33.0 Å². The maximum Gasteiger partial charge on any atom is 0.257 e. The lowest BCUT2D eigenvalue weighted by Crippen LogP contribution is -2.56. The minimum Gasteiger partial charge on any atom is -0.333 e. The molecule has 1 aromatic heterocycles. The highest BCUT2D eigenvalue weighted by atomic mass is 32.2. The molecule has 1 aliphatic heterocycles. The predicted octanol–water partition coefficient (Wildman–Crippen LogP) is 1.69. The third kappa shape index (κ3) is 3.62. The normalized spacial score (nSPS) is 20.2. The van der Waals surface area contributed by atoms with Crippen molar-refractivity contribution >= 4 is 15.7 Å². The van der Waals surface area contributed by atoms with Gasteiger partial charge in [0.1, 0.15) is 5.82 Å². The first-order valence-electron chi connectivity index (χ1n) is 8.26. The van der Waals surface area contributed by atoms with Crippen LogP contribution in [0.1, 0.15) is 31.1 Å². The molecule has 26 heavy (non-hydrogen) atoms. The second-order valence-electron chi connectivity index (χ2n) is 7.51. The fraction of sp³-hybridized carbons (Fsp3) is 0.471. The second-order valence-corrected chi connectivity index (χ2v) is 9.74. The highest BCUT2D eigenvalue weighted by Crippen LogP contribution is 2.30. The summed E-state index contributed by atoms with van der Waals surface area (Å²) >= 11 is 0. The number of carbonyl (C=O) groups is 1. The zero-order valence-corrected chi connectivity index (χ0v) is 15.7. The molecule has 0 radical (unpaired) electrons. The van der Waals surface area contributed by atoms with Crippen LogP contribution < -0.4 is 0 Å². The van der Waals surface area contributed by atoms with Gasteiger partial charge >= 0.3 is 0 Å². The van der Waals surface area contributed by atoms with E-state index in [0.29, 0.717) is 5.69 Å². The maximum absolute atomic E-state index is 14.4. The monoisotopic (exact) mass is 380 g/mol. The van der Waals surface area contributed by atoms with Gasteiger partial charge in [-0.15, -0.1) is 5.10 Å². The van der Waals surface area contributed by atoms with Gasteiger partial charge in [-0.25, -0.2) is 17.5 Å². The molecule has 1 amide bonds. The number of benzene rings is 1. The van der Waals surface area contributed by atoms with Gasteiger partial charge in [0, 0.05) is 6.54 Å². The van der Waals surface area contributed by atoms with E-state index in [2.05, 4.69) is 10.3 Å². The molecule has 1 aromatic carbocycles. The number of amides is 1. The van der Waals surface area contributed by atoms with Crippen molar-refractivity contribution in [1.29, 1.82) is 0 Å². The minimum absolute atomic E-state index is 0.0517. The number of halogens is 1. The van der Waals surface area contributed by atoms with Crippen LogP contribution in [0.15, 0.2) is 30.6 Å². The molecule has 0 saturated carbocycles. The molecule has 3 rings (SSSR count). The highest BCUT2D eigenvalue weighted by Gasteiger charge is 2.41. The smallest absolute Gasteiger partial charge is 0.257 e. The van der Waals surface area contributed by atoms with Crippen molar-refractivity contribution in [2.75, 3.05) is 18.1 Å². The summed E-state index contributed by atoms with van der Waals surface area (Å²) < 4.78 is 39.9. The number of hydrogen-bond acceptors (Lipinski definition) is 5. The van der Waals surface area contributed by atoms with Crippen LogP contribution in [-0.2, 0) is 9.84 Å². The molecule has 9 heteroatoms. The van der Waals surface area contributed by atoms with E-state index in [1.807, 2.05) is 20.8 Å². The van der Waals surface area contributed by atoms with Crippen LogP contribution in [0.3, 0.4) is 0 Å². The molecule has 0 bridgehead atoms. The number of carbonyl (C=O) groups excluding carboxylic acids is 1. The van der Waals surface area contributed by atoms with E-state index in [9.17, 15) is 17.6 Å². The standard InChI is InChI=1S/C17H21FN4O3S/c1-17(2,3)15-11-26(24,25)9-8-21(15)16(23)13-10-12(4-5-14(13)18)22-7-6-19-20-22/h4-7,10,15H,8-9,11H2,1-3H3. The van der Waals surface area contributed by atoms with Gasteiger partial charge in [-0.2, -0.15) is 0 Å². The molecular weight excluding hydrogens is 359 g/mol. The third-order valence-corrected chi connectivity index (χ3v) is 6.19. The highest BCUT2D eigenvalue weighted by molar-refractivity contribution is 7.91. The molecule has 0 spiro atoms. The van der Waals surface area contributed by atoms with Crippen LogP contribution in [0.25, 0.3) is 5.69 Å². The summed E-state index contributed by atoms with van der Waals surface area (Å²) in [5, 5.41) is 7.55. The van der Waals surface area contributed by atoms with Gasteiger partial charge in [0.2, 0.25) is 0 Å². The summed E-state index contributed by atoms with van der Waals surface area (Å²) in [4.78, 5) is 14.5. The van der Waals surface area contributed by atoms with Crippen molar-refractivity contribution in [2.24, 2.45) is 5.41 Å². The first-order valence-corrected chi connectivity index (χ1v) is 10.1. The Morgan fingerprint density at radius 3 is 2.65 bits per heavy atom. The summed E-state index contributed by atoms with van der Waals surface area (Å²) in [7, 11) is -3.23. The Balaban J connectivity index is 1.99. The van der Waals surface area contributed by atoms with Crippen molar-refractivity contribution in [3.05, 3.63) is 42.0 Å². The van der Waals surface area contributed by atoms with E-state index in [1.165, 1.54) is 34.0 Å². The van der Waals surface area contributed by atoms with E-state index in [4.69, 9.17) is 0 Å². The van der Waals surface area contributed by atoms with Crippen LogP contribution in [0.5, 0.6) is 0 Å². The summed E-state index contributed by atoms with van der Waals surface area (Å²) in [5.41, 5.74) is -0.0564. The largest absolute Gasteiger partial charge is 0.333 e. The average Bonchev–Trinajstić information content (AvgIpc) is 3.07. The lowest BCUT2D eigenvalue weighted by atomic mass is 9.86. The zero-order chi connectivity index (χ0) is 19.1. The van der Waals surface area contributed by atoms with Crippen molar-refractivity contribution in [3.63, 3.8) is 0 Å². The van der Waals surface area contributed by atoms with Gasteiger partial charge in [0.15, 0.2) is 9.84 Å². The Morgan fingerprint density at radius 2 is 2.04 bits per heavy atom. The quantitative estimate of drug-likeness (QED) is 0.792. The van der Waals surface area contributed by atoms with Crippen LogP contribution >= 0.6 is 0 Å². The summed E-state index contributed by atoms with van der Waals surface area (Å²) in [6, 6.07) is 3.60. The maximum atomic E-state index is 14.4. The Labute approximate surface area is 151 Å². The van der Waals surface area contributed by atoms with Gasteiger partial charge in [-0.1, -0.05) is 26.0 Å². The average molecular weight is 380 g/mol. The van der Waals surface area contributed by atoms with Gasteiger partial charge in [-0.05, 0) is 23.6 Å². The molecule has 2 heterocycles. The Morgan fingerprint density at radius 1 is 1.31 bits per heavy atom. The fourth-order valence-electron chi connectivity index (χ4n) is 3.09. The summed E-state index contributed by atoms with van der Waals surface area (Å²) in [5.74, 6) is -1.40. The molecule has 1 unspecified atom stereocenters. The number of nitrogens with zero attached hydrogens (tertiary/aromatic N) is 4. The van der Waals surface area contributed by atoms with E-state index in [0.717, 1.165) is 0 Å². The molecule has 0 N–H and O–H groups in total. The van der Waals surface area contributed by atoms with E-state index in [1.54, 1.807) is 6.20 Å². The second kappa shape index (κ2) is 6.46. The van der Waals surface area contributed by atoms with Crippen molar-refractivity contribution in [1.82, 2.24) is 19.9 Å². The molecule has 1 aliphatic rings. The van der Waals surface area contributed by atoms with Gasteiger partial charge in [0.05, 0.1) is 41.2 Å². The molecule has 1 atom stereocenters. The van der Waals surface area contributed by atoms with E-state index in [-0.39, 0.29) is 23.6 Å². The SMILES string of the molecule is CC(C)(C)C1CS(=O)(=O)CCN1C(=O)c1cc(-n2ccnn2)ccc1F. The molecule has 0 aliphatic carbocycles. The van der Waals surface area contributed by atoms with Crippen molar-refractivity contribution in [2.45, 2.75) is 26.8 Å². The first-order chi connectivity index (χ1) is 12.1. The van der Waals surface area contributed by atoms with E-state index >= 15 is 0 Å². The Kier molecular flexibility index (Phi) is 4.60. The lowest BCUT2D eigenvalue weighted by Gasteiger charge is -2.43. The van der Waals surface area contributed by atoms with Crippen LogP contribution in [-0.4, -0.2) is 58.3 Å². The predicted molar refractivity (Wildman–Crippen MR) is 94.3 cm³/mol. The molecular formula is C17H21FN4O3S. The molecule has 140 valence electrons. The summed E-state index contributed by atoms with van der Waals surface area (Å²) in [6.45, 7) is 5.68. The summed E-state index contributed by atoms with van der Waals surface area (Å²) in [6.07, 6.45) is 3.07. The molecule has 2 aromatic rings. The van der Waals surface area contributed by atoms with Gasteiger partial charge in [0.25, 0.3) is 5.91 Å². The minimum atomic E-state index is -3.23. The first kappa shape index (κ1) is 18.5. The molecule has 1 saturated heterocycles. The van der Waals surface area contributed by atoms with Crippen molar-refractivity contribution < 1.29 is 17.6 Å². The molecule has 1 fully saturated rings. The van der Waals surface area contributed by atoms with Crippen LogP contribution in [0.4, 0.5) is 4.39 Å². The zero-order valence-electron chi connectivity index (χ0n) is 14.9. The van der Waals surface area contributed by atoms with Crippen LogP contribution in [0, 0.1) is 11.2 Å². The Hall–Kier alpha value is -2.29. The number of sulfone groups is 1. The third-order valence-electron chi connectivity index (χ3n) is 4.56.